The first-order valence-electron chi connectivity index (χ1n) is 10.6. The monoisotopic (exact) mass is 422 g/mol. The van der Waals surface area contributed by atoms with E-state index >= 15 is 0 Å². The molecule has 1 amide bonds. The topological polar surface area (TPSA) is 79.0 Å². The molecule has 166 valence electrons. The van der Waals surface area contributed by atoms with Crippen molar-refractivity contribution in [3.05, 3.63) is 70.8 Å². The molecule has 2 aromatic carbocycles. The zero-order chi connectivity index (χ0) is 23.0. The summed E-state index contributed by atoms with van der Waals surface area (Å²) in [6, 6.07) is 15.7. The third-order valence-corrected chi connectivity index (χ3v) is 5.36. The Balaban J connectivity index is 2.14. The molecule has 1 unspecified atom stereocenters. The molecule has 0 aliphatic carbocycles. The average molecular weight is 423 g/mol. The van der Waals surface area contributed by atoms with Crippen molar-refractivity contribution in [3.8, 4) is 0 Å². The fraction of sp³-hybridized carbons (Fsp3) is 0.400. The number of nitrogens with two attached hydrogens (primary N) is 1. The zero-order valence-electron chi connectivity index (χ0n) is 19.2. The van der Waals surface area contributed by atoms with E-state index in [1.807, 2.05) is 88.3 Å². The van der Waals surface area contributed by atoms with Crippen LogP contribution in [0, 0.1) is 12.8 Å². The lowest BCUT2D eigenvalue weighted by atomic mass is 10.0. The van der Waals surface area contributed by atoms with Gasteiger partial charge in [-0.1, -0.05) is 56.3 Å². The van der Waals surface area contributed by atoms with Crippen molar-refractivity contribution < 1.29 is 9.59 Å². The van der Waals surface area contributed by atoms with E-state index in [0.717, 1.165) is 23.0 Å². The van der Waals surface area contributed by atoms with Crippen molar-refractivity contribution in [2.24, 2.45) is 16.6 Å². The van der Waals surface area contributed by atoms with Gasteiger partial charge >= 0.3 is 0 Å². The van der Waals surface area contributed by atoms with Gasteiger partial charge in [0.15, 0.2) is 5.96 Å². The van der Waals surface area contributed by atoms with Gasteiger partial charge < -0.3 is 20.3 Å². The minimum atomic E-state index is -0.137. The number of nitrogens with zero attached hydrogens (tertiary/aromatic N) is 3. The van der Waals surface area contributed by atoms with Gasteiger partial charge in [-0.25, -0.2) is 4.99 Å². The third-order valence-electron chi connectivity index (χ3n) is 5.36. The van der Waals surface area contributed by atoms with Crippen LogP contribution in [-0.2, 0) is 17.9 Å². The normalized spacial score (nSPS) is 12.5. The lowest BCUT2D eigenvalue weighted by Gasteiger charge is -2.23. The van der Waals surface area contributed by atoms with Gasteiger partial charge in [0.05, 0.1) is 6.04 Å². The van der Waals surface area contributed by atoms with E-state index in [1.165, 1.54) is 0 Å². The Bertz CT molecular complexity index is 909. The molecule has 0 spiro atoms. The van der Waals surface area contributed by atoms with Crippen LogP contribution in [0.3, 0.4) is 0 Å². The van der Waals surface area contributed by atoms with Crippen LogP contribution in [0.15, 0.2) is 53.5 Å². The number of carbonyl (C=O) groups is 2. The van der Waals surface area contributed by atoms with Gasteiger partial charge in [-0.05, 0) is 35.6 Å². The molecule has 0 radical (unpaired) electrons. The summed E-state index contributed by atoms with van der Waals surface area (Å²) in [5.74, 6) is 0.592. The highest BCUT2D eigenvalue weighted by molar-refractivity contribution is 5.95. The van der Waals surface area contributed by atoms with E-state index in [-0.39, 0.29) is 17.9 Å². The van der Waals surface area contributed by atoms with Crippen LogP contribution in [0.25, 0.3) is 0 Å². The Morgan fingerprint density at radius 3 is 2.29 bits per heavy atom. The number of guanidine groups is 1. The van der Waals surface area contributed by atoms with Crippen LogP contribution < -0.4 is 5.73 Å². The second-order valence-corrected chi connectivity index (χ2v) is 8.35. The van der Waals surface area contributed by atoms with Crippen molar-refractivity contribution in [2.75, 3.05) is 14.1 Å². The predicted octanol–water partition coefficient (Wildman–Crippen LogP) is 3.63. The molecule has 0 aliphatic heterocycles. The maximum atomic E-state index is 13.1. The van der Waals surface area contributed by atoms with E-state index in [2.05, 4.69) is 4.99 Å². The Kier molecular flexibility index (Phi) is 8.79. The molecule has 0 saturated heterocycles. The molecule has 0 bridgehead atoms. The van der Waals surface area contributed by atoms with Gasteiger partial charge in [-0.2, -0.15) is 0 Å². The van der Waals surface area contributed by atoms with E-state index in [9.17, 15) is 9.59 Å². The highest BCUT2D eigenvalue weighted by Gasteiger charge is 2.17. The Morgan fingerprint density at radius 2 is 1.68 bits per heavy atom. The van der Waals surface area contributed by atoms with Crippen LogP contribution in [0.4, 0.5) is 0 Å². The lowest BCUT2D eigenvalue weighted by Crippen LogP contribution is -2.35. The lowest BCUT2D eigenvalue weighted by molar-refractivity contribution is -0.108. The van der Waals surface area contributed by atoms with Crippen LogP contribution in [0.2, 0.25) is 0 Å². The van der Waals surface area contributed by atoms with Gasteiger partial charge in [0.1, 0.15) is 6.29 Å². The summed E-state index contributed by atoms with van der Waals surface area (Å²) in [6.07, 6.45) is 1.23. The van der Waals surface area contributed by atoms with E-state index in [1.54, 1.807) is 4.90 Å². The second kappa shape index (κ2) is 11.3. The molecular formula is C25H34N4O2. The Labute approximate surface area is 185 Å². The molecule has 31 heavy (non-hydrogen) atoms. The highest BCUT2D eigenvalue weighted by atomic mass is 16.2. The van der Waals surface area contributed by atoms with Crippen molar-refractivity contribution >= 4 is 18.2 Å². The highest BCUT2D eigenvalue weighted by Crippen LogP contribution is 2.17. The maximum Gasteiger partial charge on any atom is 0.254 e. The van der Waals surface area contributed by atoms with Gasteiger partial charge in [-0.3, -0.25) is 4.79 Å². The van der Waals surface area contributed by atoms with Crippen LogP contribution in [0.1, 0.15) is 47.3 Å². The summed E-state index contributed by atoms with van der Waals surface area (Å²) in [5.41, 5.74) is 9.86. The number of aliphatic imine (C=N–C) groups is 1. The minimum Gasteiger partial charge on any atom is -0.370 e. The molecule has 0 aromatic heterocycles. The number of hydrogen-bond acceptors (Lipinski definition) is 3. The van der Waals surface area contributed by atoms with Crippen molar-refractivity contribution in [1.82, 2.24) is 9.80 Å². The Hall–Kier alpha value is -3.15. The van der Waals surface area contributed by atoms with Gasteiger partial charge in [0.2, 0.25) is 0 Å². The molecule has 0 aliphatic rings. The molecule has 0 saturated carbocycles. The quantitative estimate of drug-likeness (QED) is 0.380. The number of carbonyl (C=O) groups excluding carboxylic acids is 2. The van der Waals surface area contributed by atoms with Crippen LogP contribution >= 0.6 is 0 Å². The summed E-state index contributed by atoms with van der Waals surface area (Å²) in [4.78, 5) is 32.1. The first kappa shape index (κ1) is 24.1. The number of hydrogen-bond donors (Lipinski definition) is 1. The van der Waals surface area contributed by atoms with Gasteiger partial charge in [-0.15, -0.1) is 0 Å². The summed E-state index contributed by atoms with van der Waals surface area (Å²) in [7, 11) is 3.68. The van der Waals surface area contributed by atoms with E-state index in [0.29, 0.717) is 31.0 Å². The maximum absolute atomic E-state index is 13.1. The van der Waals surface area contributed by atoms with Gasteiger partial charge in [0.25, 0.3) is 5.91 Å². The molecule has 6 heteroatoms. The molecule has 1 atom stereocenters. The smallest absolute Gasteiger partial charge is 0.254 e. The van der Waals surface area contributed by atoms with Crippen LogP contribution in [0.5, 0.6) is 0 Å². The summed E-state index contributed by atoms with van der Waals surface area (Å²) in [6.45, 7) is 7.06. The number of rotatable bonds is 9. The zero-order valence-corrected chi connectivity index (χ0v) is 19.2. The number of aldehydes is 1. The first-order chi connectivity index (χ1) is 14.7. The van der Waals surface area contributed by atoms with Gasteiger partial charge in [0, 0.05) is 39.2 Å². The van der Waals surface area contributed by atoms with E-state index < -0.39 is 0 Å². The fourth-order valence-corrected chi connectivity index (χ4v) is 3.33. The summed E-state index contributed by atoms with van der Waals surface area (Å²) >= 11 is 0. The van der Waals surface area contributed by atoms with Crippen molar-refractivity contribution in [3.63, 3.8) is 0 Å². The van der Waals surface area contributed by atoms with Crippen molar-refractivity contribution in [2.45, 2.75) is 46.3 Å². The molecule has 0 heterocycles. The average Bonchev–Trinajstić information content (AvgIpc) is 2.74. The Morgan fingerprint density at radius 1 is 1.03 bits per heavy atom. The second-order valence-electron chi connectivity index (χ2n) is 8.35. The SMILES string of the molecule is Cc1ccc(CN(C)C(N)=NC(CC=O)C(C)C)cc1C(=O)N(C)Cc1ccccc1. The van der Waals surface area contributed by atoms with E-state index in [4.69, 9.17) is 5.73 Å². The largest absolute Gasteiger partial charge is 0.370 e. The fourth-order valence-electron chi connectivity index (χ4n) is 3.33. The molecule has 0 fully saturated rings. The molecular weight excluding hydrogens is 388 g/mol. The van der Waals surface area contributed by atoms with Crippen LogP contribution in [-0.4, -0.2) is 48.1 Å². The minimum absolute atomic E-state index is 0.0154. The van der Waals surface area contributed by atoms with Crippen molar-refractivity contribution in [1.29, 1.82) is 0 Å². The number of benzene rings is 2. The molecule has 2 rings (SSSR count). The number of amides is 1. The first-order valence-corrected chi connectivity index (χ1v) is 10.6. The molecule has 2 N–H and O–H groups in total. The third kappa shape index (κ3) is 6.95. The molecule has 2 aromatic rings. The summed E-state index contributed by atoms with van der Waals surface area (Å²) < 4.78 is 0. The molecule has 6 nitrogen and oxygen atoms in total. The standard InChI is InChI=1S/C25H34N4O2/c1-18(2)23(13-14-30)27-25(26)29(5)17-21-12-11-19(3)22(15-21)24(31)28(4)16-20-9-7-6-8-10-20/h6-12,14-15,18,23H,13,16-17H2,1-5H3,(H2,26,27). The summed E-state index contributed by atoms with van der Waals surface area (Å²) in [5, 5.41) is 0. The number of aryl methyl sites for hydroxylation is 1. The predicted molar refractivity (Wildman–Crippen MR) is 126 cm³/mol.